The van der Waals surface area contributed by atoms with Gasteiger partial charge in [0, 0.05) is 68.0 Å². The summed E-state index contributed by atoms with van der Waals surface area (Å²) >= 11 is 0. The second kappa shape index (κ2) is 14.8. The Morgan fingerprint density at radius 3 is 1.43 bits per heavy atom. The summed E-state index contributed by atoms with van der Waals surface area (Å²) in [5.74, 6) is 1.62. The molecule has 14 rings (SSSR count). The zero-order valence-electron chi connectivity index (χ0n) is 36.2. The Bertz CT molecular complexity index is 3660. The van der Waals surface area contributed by atoms with Gasteiger partial charge in [0.15, 0.2) is 11.5 Å². The van der Waals surface area contributed by atoms with Gasteiger partial charge in [0.1, 0.15) is 11.2 Å². The van der Waals surface area contributed by atoms with Crippen LogP contribution < -0.4 is 40.7 Å². The Morgan fingerprint density at radius 1 is 0.328 bits per heavy atom. The molecule has 0 atom stereocenters. The van der Waals surface area contributed by atoms with Crippen LogP contribution in [-0.4, -0.2) is 6.71 Å². The molecule has 0 saturated heterocycles. The number of hydrogen-bond donors (Lipinski definition) is 0. The smallest absolute Gasteiger partial charge is 0.252 e. The number of furan rings is 1. The molecule has 0 saturated carbocycles. The fourth-order valence-electron chi connectivity index (χ4n) is 10.7. The number of ether oxygens (including phenoxy) is 1. The van der Waals surface area contributed by atoms with E-state index in [1.54, 1.807) is 0 Å². The summed E-state index contributed by atoms with van der Waals surface area (Å²) in [5.41, 5.74) is 17.9. The van der Waals surface area contributed by atoms with Crippen LogP contribution in [0.5, 0.6) is 11.5 Å². The van der Waals surface area contributed by atoms with Crippen LogP contribution in [0.4, 0.5) is 68.2 Å². The second-order valence-corrected chi connectivity index (χ2v) is 17.3. The fourth-order valence-corrected chi connectivity index (χ4v) is 10.7. The number of nitrogens with zero attached hydrogens (tertiary/aromatic N) is 4. The molecule has 7 heteroatoms. The van der Waals surface area contributed by atoms with Gasteiger partial charge in [-0.05, 0) is 120 Å². The molecule has 1 aromatic heterocycles. The van der Waals surface area contributed by atoms with E-state index < -0.39 is 0 Å². The molecule has 0 fully saturated rings. The van der Waals surface area contributed by atoms with Crippen molar-refractivity contribution in [2.24, 2.45) is 0 Å². The first-order chi connectivity index (χ1) is 33.2. The lowest BCUT2D eigenvalue weighted by atomic mass is 9.33. The monoisotopic (exact) mass is 858 g/mol. The first-order valence-electron chi connectivity index (χ1n) is 22.8. The van der Waals surface area contributed by atoms with Crippen LogP contribution >= 0.6 is 0 Å². The van der Waals surface area contributed by atoms with E-state index in [0.717, 1.165) is 107 Å². The van der Waals surface area contributed by atoms with Crippen molar-refractivity contribution >= 4 is 113 Å². The van der Waals surface area contributed by atoms with Crippen LogP contribution in [0.3, 0.4) is 0 Å². The zero-order chi connectivity index (χ0) is 44.0. The largest absolute Gasteiger partial charge is 0.456 e. The number of para-hydroxylation sites is 8. The molecule has 4 heterocycles. The molecule has 0 radical (unpaired) electrons. The van der Waals surface area contributed by atoms with Gasteiger partial charge in [-0.25, -0.2) is 0 Å². The van der Waals surface area contributed by atoms with E-state index >= 15 is 0 Å². The van der Waals surface area contributed by atoms with E-state index in [1.165, 1.54) is 10.9 Å². The van der Waals surface area contributed by atoms with Gasteiger partial charge in [-0.3, -0.25) is 0 Å². The van der Waals surface area contributed by atoms with Gasteiger partial charge >= 0.3 is 0 Å². The summed E-state index contributed by atoms with van der Waals surface area (Å²) < 4.78 is 13.7. The van der Waals surface area contributed by atoms with E-state index in [0.29, 0.717) is 0 Å². The first-order valence-corrected chi connectivity index (χ1v) is 22.8. The third-order valence-electron chi connectivity index (χ3n) is 13.5. The predicted molar refractivity (Wildman–Crippen MR) is 277 cm³/mol. The average Bonchev–Trinajstić information content (AvgIpc) is 3.75. The Morgan fingerprint density at radius 2 is 0.821 bits per heavy atom. The highest BCUT2D eigenvalue weighted by Crippen LogP contribution is 2.54. The van der Waals surface area contributed by atoms with Crippen LogP contribution in [0.15, 0.2) is 241 Å². The molecule has 314 valence electrons. The fraction of sp³-hybridized carbons (Fsp3) is 0. The second-order valence-electron chi connectivity index (χ2n) is 17.3. The van der Waals surface area contributed by atoms with Crippen LogP contribution in [-0.2, 0) is 0 Å². The number of fused-ring (bicyclic) bond motifs is 9. The first kappa shape index (κ1) is 37.4. The van der Waals surface area contributed by atoms with Crippen molar-refractivity contribution in [3.8, 4) is 11.5 Å². The molecule has 0 spiro atoms. The summed E-state index contributed by atoms with van der Waals surface area (Å²) in [6.07, 6.45) is 0. The number of benzene rings is 10. The molecule has 0 unspecified atom stereocenters. The highest BCUT2D eigenvalue weighted by atomic mass is 16.5. The predicted octanol–water partition coefficient (Wildman–Crippen LogP) is 14.7. The average molecular weight is 859 g/mol. The lowest BCUT2D eigenvalue weighted by molar-refractivity contribution is 0.477. The van der Waals surface area contributed by atoms with Gasteiger partial charge in [-0.15, -0.1) is 0 Å². The molecule has 3 aliphatic rings. The lowest BCUT2D eigenvalue weighted by Gasteiger charge is -2.45. The minimum absolute atomic E-state index is 0.194. The molecule has 0 N–H and O–H groups in total. The highest BCUT2D eigenvalue weighted by Gasteiger charge is 2.46. The van der Waals surface area contributed by atoms with E-state index in [-0.39, 0.29) is 6.71 Å². The van der Waals surface area contributed by atoms with E-state index in [9.17, 15) is 0 Å². The van der Waals surface area contributed by atoms with Gasteiger partial charge in [0.2, 0.25) is 0 Å². The molecule has 0 amide bonds. The summed E-state index contributed by atoms with van der Waals surface area (Å²) in [6, 6.07) is 84.4. The van der Waals surface area contributed by atoms with Crippen molar-refractivity contribution in [2.45, 2.75) is 0 Å². The number of rotatable bonds is 6. The van der Waals surface area contributed by atoms with Crippen LogP contribution in [0, 0.1) is 0 Å². The standard InChI is InChI=1S/C60H39BN4O2/c1-6-20-40(21-7-1)62(41-22-8-2-9-23-41)45-34-54-60-55(35-45)65(44-28-14-5-15-29-44)52-39-58-47(46-30-16-18-32-56(46)66-58)36-48(52)61(60)49-37-59-53(38-51(49)64(54)43-26-12-4-13-27-43)63(42-24-10-3-11-25-42)50-31-17-19-33-57(50)67-59/h1-39H. The highest BCUT2D eigenvalue weighted by molar-refractivity contribution is 7.00. The Labute approximate surface area is 388 Å². The molecule has 3 aliphatic heterocycles. The summed E-state index contributed by atoms with van der Waals surface area (Å²) in [6.45, 7) is -0.194. The van der Waals surface area contributed by atoms with Gasteiger partial charge in [-0.1, -0.05) is 127 Å². The van der Waals surface area contributed by atoms with Crippen LogP contribution in [0.25, 0.3) is 21.9 Å². The van der Waals surface area contributed by atoms with E-state index in [2.05, 4.69) is 244 Å². The lowest BCUT2D eigenvalue weighted by Crippen LogP contribution is -2.61. The maximum absolute atomic E-state index is 7.02. The SMILES string of the molecule is c1ccc(N(c2ccccc2)c2cc3c4c(c2)N(c2ccccc2)c2cc5oc6ccccc6c5cc2B4c2cc4c(cc2N3c2ccccc2)N(c2ccccc2)c2ccccc2O4)cc1. The quantitative estimate of drug-likeness (QED) is 0.155. The van der Waals surface area contributed by atoms with Gasteiger partial charge in [0.05, 0.1) is 17.1 Å². The number of hydrogen-bond acceptors (Lipinski definition) is 6. The zero-order valence-corrected chi connectivity index (χ0v) is 36.2. The number of anilines is 12. The Balaban J connectivity index is 1.13. The maximum Gasteiger partial charge on any atom is 0.252 e. The van der Waals surface area contributed by atoms with Gasteiger partial charge in [-0.2, -0.15) is 0 Å². The van der Waals surface area contributed by atoms with E-state index in [1.807, 2.05) is 12.1 Å². The molecule has 6 nitrogen and oxygen atoms in total. The van der Waals surface area contributed by atoms with Crippen molar-refractivity contribution in [3.05, 3.63) is 237 Å². The summed E-state index contributed by atoms with van der Waals surface area (Å²) in [4.78, 5) is 9.65. The van der Waals surface area contributed by atoms with Crippen molar-refractivity contribution < 1.29 is 9.15 Å². The Hall–Kier alpha value is -8.94. The van der Waals surface area contributed by atoms with Crippen molar-refractivity contribution in [2.75, 3.05) is 19.6 Å². The molecule has 0 aliphatic carbocycles. The maximum atomic E-state index is 7.02. The van der Waals surface area contributed by atoms with Crippen molar-refractivity contribution in [1.29, 1.82) is 0 Å². The Kier molecular flexibility index (Phi) is 8.27. The van der Waals surface area contributed by atoms with Gasteiger partial charge in [0.25, 0.3) is 6.71 Å². The minimum Gasteiger partial charge on any atom is -0.456 e. The minimum atomic E-state index is -0.194. The van der Waals surface area contributed by atoms with Crippen LogP contribution in [0.2, 0.25) is 0 Å². The van der Waals surface area contributed by atoms with Crippen LogP contribution in [0.1, 0.15) is 0 Å². The molecule has 10 aromatic carbocycles. The molecule has 67 heavy (non-hydrogen) atoms. The molecule has 0 bridgehead atoms. The third-order valence-corrected chi connectivity index (χ3v) is 13.5. The topological polar surface area (TPSA) is 35.3 Å². The summed E-state index contributed by atoms with van der Waals surface area (Å²) in [7, 11) is 0. The molecular weight excluding hydrogens is 819 g/mol. The van der Waals surface area contributed by atoms with Gasteiger partial charge < -0.3 is 28.8 Å². The molecular formula is C60H39BN4O2. The normalized spacial score (nSPS) is 13.1. The van der Waals surface area contributed by atoms with E-state index in [4.69, 9.17) is 9.15 Å². The van der Waals surface area contributed by atoms with Crippen molar-refractivity contribution in [3.63, 3.8) is 0 Å². The van der Waals surface area contributed by atoms with Crippen molar-refractivity contribution in [1.82, 2.24) is 0 Å². The molecule has 11 aromatic rings. The third kappa shape index (κ3) is 5.78. The summed E-state index contributed by atoms with van der Waals surface area (Å²) in [5, 5.41) is 2.19.